The van der Waals surface area contributed by atoms with Crippen molar-refractivity contribution in [2.75, 3.05) is 23.8 Å². The van der Waals surface area contributed by atoms with Crippen molar-refractivity contribution in [2.24, 2.45) is 0 Å². The number of benzene rings is 1. The van der Waals surface area contributed by atoms with Crippen molar-refractivity contribution in [2.45, 2.75) is 11.8 Å². The molecule has 0 saturated carbocycles. The number of thiophene rings is 1. The third-order valence-corrected chi connectivity index (χ3v) is 6.70. The molecule has 0 radical (unpaired) electrons. The number of ether oxygens (including phenoxy) is 2. The number of aromatic hydroxyl groups is 1. The van der Waals surface area contributed by atoms with E-state index < -0.39 is 21.7 Å². The van der Waals surface area contributed by atoms with Gasteiger partial charge in [0.2, 0.25) is 5.82 Å². The maximum Gasteiger partial charge on any atom is 0.352 e. The minimum absolute atomic E-state index is 0.0195. The van der Waals surface area contributed by atoms with Crippen LogP contribution in [0.4, 0.5) is 16.5 Å². The number of aromatic nitrogens is 2. The van der Waals surface area contributed by atoms with Gasteiger partial charge in [0.05, 0.1) is 30.3 Å². The van der Waals surface area contributed by atoms with E-state index in [2.05, 4.69) is 18.8 Å². The number of nitrogens with zero attached hydrogens (tertiary/aromatic N) is 3. The molecule has 3 aromatic rings. The second kappa shape index (κ2) is 9.16. The largest absolute Gasteiger partial charge is 0.505 e. The van der Waals surface area contributed by atoms with E-state index >= 15 is 0 Å². The molecule has 0 unspecified atom stereocenters. The predicted octanol–water partition coefficient (Wildman–Crippen LogP) is 2.91. The second-order valence-corrected chi connectivity index (χ2v) is 8.92. The molecule has 14 heteroatoms. The molecule has 3 N–H and O–H groups in total. The van der Waals surface area contributed by atoms with E-state index in [9.17, 15) is 23.6 Å². The van der Waals surface area contributed by atoms with Crippen molar-refractivity contribution in [3.63, 3.8) is 0 Å². The van der Waals surface area contributed by atoms with Crippen LogP contribution in [0.5, 0.6) is 11.6 Å². The van der Waals surface area contributed by atoms with Crippen LogP contribution in [0.2, 0.25) is 0 Å². The number of nitrogens with one attached hydrogen (secondary N) is 2. The number of esters is 1. The van der Waals surface area contributed by atoms with Crippen LogP contribution in [0, 0.1) is 11.3 Å². The van der Waals surface area contributed by atoms with Crippen LogP contribution in [-0.2, 0) is 14.8 Å². The molecule has 0 atom stereocenters. The number of sulfonamides is 1. The first kappa shape index (κ1) is 22.3. The number of carbonyl (C=O) groups is 1. The Morgan fingerprint density at radius 2 is 2.00 bits per heavy atom. The van der Waals surface area contributed by atoms with Crippen LogP contribution in [0.15, 0.2) is 29.2 Å². The summed E-state index contributed by atoms with van der Waals surface area (Å²) in [7, 11) is -2.60. The number of carbonyl (C=O) groups excluding carboxylic acids is 1. The fourth-order valence-electron chi connectivity index (χ4n) is 2.36. The zero-order valence-electron chi connectivity index (χ0n) is 16.1. The third kappa shape index (κ3) is 4.68. The standard InChI is InChI=1S/C17H15N5O6S3/c1-3-28-17(24)13-12(23)11(8-18)16(29-13)19-9-4-6-10(7-5-9)31(25,26)22-14-15(27-2)21-30-20-14/h4-7,19,23H,3H2,1-2H3,(H,20,22). The third-order valence-electron chi connectivity index (χ3n) is 3.76. The van der Waals surface area contributed by atoms with Crippen molar-refractivity contribution in [3.05, 3.63) is 34.7 Å². The Bertz CT molecular complexity index is 1240. The first-order valence-electron chi connectivity index (χ1n) is 8.50. The molecule has 0 aliphatic heterocycles. The van der Waals surface area contributed by atoms with Crippen LogP contribution < -0.4 is 14.8 Å². The Balaban J connectivity index is 1.82. The van der Waals surface area contributed by atoms with Crippen LogP contribution in [0.3, 0.4) is 0 Å². The summed E-state index contributed by atoms with van der Waals surface area (Å²) in [5, 5.41) is 22.6. The van der Waals surface area contributed by atoms with Crippen molar-refractivity contribution in [1.82, 2.24) is 8.75 Å². The van der Waals surface area contributed by atoms with Crippen LogP contribution >= 0.6 is 23.1 Å². The molecule has 0 spiro atoms. The molecule has 1 aromatic carbocycles. The molecule has 31 heavy (non-hydrogen) atoms. The van der Waals surface area contributed by atoms with Crippen LogP contribution in [-0.4, -0.2) is 42.0 Å². The van der Waals surface area contributed by atoms with Gasteiger partial charge in [-0.1, -0.05) is 0 Å². The average Bonchev–Trinajstić information content (AvgIpc) is 3.31. The number of methoxy groups -OCH3 is 1. The second-order valence-electron chi connectivity index (χ2n) is 5.69. The number of anilines is 3. The molecular formula is C17H15N5O6S3. The maximum absolute atomic E-state index is 12.5. The van der Waals surface area contributed by atoms with E-state index in [-0.39, 0.29) is 38.6 Å². The van der Waals surface area contributed by atoms with Crippen LogP contribution in [0.25, 0.3) is 0 Å². The summed E-state index contributed by atoms with van der Waals surface area (Å²) in [4.78, 5) is 11.8. The summed E-state index contributed by atoms with van der Waals surface area (Å²) in [6.45, 7) is 1.74. The summed E-state index contributed by atoms with van der Waals surface area (Å²) < 4.78 is 44.9. The molecule has 2 aromatic heterocycles. The lowest BCUT2D eigenvalue weighted by Crippen LogP contribution is -2.13. The first-order valence-corrected chi connectivity index (χ1v) is 11.5. The minimum atomic E-state index is -3.94. The summed E-state index contributed by atoms with van der Waals surface area (Å²) in [6.07, 6.45) is 0. The predicted molar refractivity (Wildman–Crippen MR) is 114 cm³/mol. The fraction of sp³-hybridized carbons (Fsp3) is 0.176. The molecule has 0 bridgehead atoms. The lowest BCUT2D eigenvalue weighted by atomic mass is 10.2. The monoisotopic (exact) mass is 481 g/mol. The molecule has 0 fully saturated rings. The Labute approximate surface area is 185 Å². The molecule has 11 nitrogen and oxygen atoms in total. The van der Waals surface area contributed by atoms with E-state index in [0.29, 0.717) is 5.69 Å². The number of nitriles is 1. The highest BCUT2D eigenvalue weighted by Gasteiger charge is 2.24. The van der Waals surface area contributed by atoms with E-state index in [0.717, 1.165) is 23.1 Å². The van der Waals surface area contributed by atoms with Gasteiger partial charge in [0.15, 0.2) is 10.6 Å². The molecule has 3 rings (SSSR count). The quantitative estimate of drug-likeness (QED) is 0.407. The number of hydrogen-bond acceptors (Lipinski definition) is 12. The summed E-state index contributed by atoms with van der Waals surface area (Å²) in [6, 6.07) is 7.44. The Kier molecular flexibility index (Phi) is 6.59. The van der Waals surface area contributed by atoms with E-state index in [1.165, 1.54) is 31.4 Å². The van der Waals surface area contributed by atoms with Gasteiger partial charge in [0.25, 0.3) is 15.9 Å². The normalized spacial score (nSPS) is 10.9. The fourth-order valence-corrected chi connectivity index (χ4v) is 4.86. The molecule has 2 heterocycles. The average molecular weight is 482 g/mol. The van der Waals surface area contributed by atoms with Crippen molar-refractivity contribution in [1.29, 1.82) is 5.26 Å². The van der Waals surface area contributed by atoms with Crippen LogP contribution in [0.1, 0.15) is 22.2 Å². The highest BCUT2D eigenvalue weighted by molar-refractivity contribution is 7.92. The Morgan fingerprint density at radius 3 is 2.61 bits per heavy atom. The van der Waals surface area contributed by atoms with Gasteiger partial charge in [0, 0.05) is 5.69 Å². The minimum Gasteiger partial charge on any atom is -0.505 e. The summed E-state index contributed by atoms with van der Waals surface area (Å²) in [5.74, 6) is -1.17. The van der Waals surface area contributed by atoms with Gasteiger partial charge in [-0.05, 0) is 31.2 Å². The van der Waals surface area contributed by atoms with Gasteiger partial charge in [-0.15, -0.1) is 15.7 Å². The number of rotatable bonds is 8. The van der Waals surface area contributed by atoms with Gasteiger partial charge in [-0.2, -0.15) is 9.64 Å². The lowest BCUT2D eigenvalue weighted by Gasteiger charge is -2.08. The number of hydrogen-bond donors (Lipinski definition) is 3. The van der Waals surface area contributed by atoms with Crippen molar-refractivity contribution in [3.8, 4) is 17.7 Å². The zero-order chi connectivity index (χ0) is 22.6. The van der Waals surface area contributed by atoms with Gasteiger partial charge in [0.1, 0.15) is 16.6 Å². The summed E-state index contributed by atoms with van der Waals surface area (Å²) >= 11 is 1.65. The zero-order valence-corrected chi connectivity index (χ0v) is 18.5. The highest BCUT2D eigenvalue weighted by Crippen LogP contribution is 2.40. The van der Waals surface area contributed by atoms with Crippen molar-refractivity contribution < 1.29 is 27.8 Å². The molecular weight excluding hydrogens is 466 g/mol. The molecule has 162 valence electrons. The maximum atomic E-state index is 12.5. The van der Waals surface area contributed by atoms with Gasteiger partial charge >= 0.3 is 5.97 Å². The first-order chi connectivity index (χ1) is 14.8. The van der Waals surface area contributed by atoms with Gasteiger partial charge < -0.3 is 19.9 Å². The molecule has 0 aliphatic rings. The Morgan fingerprint density at radius 1 is 1.29 bits per heavy atom. The highest BCUT2D eigenvalue weighted by atomic mass is 32.2. The van der Waals surface area contributed by atoms with Gasteiger partial charge in [-0.25, -0.2) is 13.2 Å². The van der Waals surface area contributed by atoms with E-state index in [4.69, 9.17) is 9.47 Å². The van der Waals surface area contributed by atoms with Crippen molar-refractivity contribution >= 4 is 55.6 Å². The van der Waals surface area contributed by atoms with E-state index in [1.807, 2.05) is 6.07 Å². The van der Waals surface area contributed by atoms with E-state index in [1.54, 1.807) is 6.92 Å². The molecule has 0 saturated heterocycles. The Hall–Kier alpha value is -3.41. The smallest absolute Gasteiger partial charge is 0.352 e. The topological polar surface area (TPSA) is 164 Å². The summed E-state index contributed by atoms with van der Waals surface area (Å²) in [5.41, 5.74) is 0.314. The SMILES string of the molecule is CCOC(=O)c1sc(Nc2ccc(S(=O)(=O)Nc3nsnc3OC)cc2)c(C#N)c1O. The molecule has 0 aliphatic carbocycles. The molecule has 0 amide bonds. The lowest BCUT2D eigenvalue weighted by molar-refractivity contribution is 0.0529. The van der Waals surface area contributed by atoms with Gasteiger partial charge in [-0.3, -0.25) is 4.72 Å².